The molecule has 25 heavy (non-hydrogen) atoms. The summed E-state index contributed by atoms with van der Waals surface area (Å²) in [6.07, 6.45) is -6.00. The van der Waals surface area contributed by atoms with Gasteiger partial charge in [0.15, 0.2) is 11.8 Å². The largest absolute Gasteiger partial charge is 0.460 e. The van der Waals surface area contributed by atoms with Crippen molar-refractivity contribution in [3.63, 3.8) is 0 Å². The molecule has 0 aromatic heterocycles. The predicted molar refractivity (Wildman–Crippen MR) is 83.1 cm³/mol. The number of rotatable bonds is 8. The lowest BCUT2D eigenvalue weighted by Gasteiger charge is -2.40. The van der Waals surface area contributed by atoms with Crippen molar-refractivity contribution in [3.8, 4) is 0 Å². The standard InChI is InChI=1S/C15H25NO9/c1-4-5-23-14(22)15(3,16-8(2)18)7-24-13-12(21)11(20)10(19)9(6-17)25-13/h4,9-13,17,19-21H,1,5-7H2,2-3H3,(H,16,18)/t9-,10-,11+,12-,13-,15+/m1/s1. The van der Waals surface area contributed by atoms with Gasteiger partial charge < -0.3 is 40.0 Å². The minimum Gasteiger partial charge on any atom is -0.460 e. The number of nitrogens with one attached hydrogen (secondary N) is 1. The molecule has 0 aromatic rings. The normalized spacial score (nSPS) is 31.7. The Morgan fingerprint density at radius 3 is 2.44 bits per heavy atom. The Bertz CT molecular complexity index is 484. The minimum absolute atomic E-state index is 0.0753. The molecule has 1 saturated heterocycles. The van der Waals surface area contributed by atoms with Crippen LogP contribution in [0.2, 0.25) is 0 Å². The molecule has 0 unspecified atom stereocenters. The number of hydrogen-bond acceptors (Lipinski definition) is 9. The van der Waals surface area contributed by atoms with Crippen molar-refractivity contribution in [2.75, 3.05) is 19.8 Å². The van der Waals surface area contributed by atoms with Crippen molar-refractivity contribution in [1.29, 1.82) is 0 Å². The third-order valence-corrected chi connectivity index (χ3v) is 3.62. The van der Waals surface area contributed by atoms with Crippen LogP contribution in [-0.4, -0.2) is 88.4 Å². The van der Waals surface area contributed by atoms with Gasteiger partial charge in [0.25, 0.3) is 0 Å². The maximum absolute atomic E-state index is 12.2. The highest BCUT2D eigenvalue weighted by atomic mass is 16.7. The van der Waals surface area contributed by atoms with E-state index in [1.165, 1.54) is 19.9 Å². The van der Waals surface area contributed by atoms with Crippen LogP contribution < -0.4 is 5.32 Å². The quantitative estimate of drug-likeness (QED) is 0.231. The Morgan fingerprint density at radius 1 is 1.28 bits per heavy atom. The molecule has 0 saturated carbocycles. The second kappa shape index (κ2) is 9.22. The van der Waals surface area contributed by atoms with Gasteiger partial charge in [-0.3, -0.25) is 4.79 Å². The highest BCUT2D eigenvalue weighted by Crippen LogP contribution is 2.23. The molecule has 0 aliphatic carbocycles. The van der Waals surface area contributed by atoms with Crippen molar-refractivity contribution < 1.29 is 44.2 Å². The molecule has 1 fully saturated rings. The number of aliphatic hydroxyl groups excluding tert-OH is 4. The van der Waals surface area contributed by atoms with Crippen LogP contribution in [-0.2, 0) is 23.8 Å². The average Bonchev–Trinajstić information content (AvgIpc) is 2.56. The van der Waals surface area contributed by atoms with E-state index in [4.69, 9.17) is 19.3 Å². The molecule has 1 amide bonds. The van der Waals surface area contributed by atoms with Crippen molar-refractivity contribution in [3.05, 3.63) is 12.7 Å². The van der Waals surface area contributed by atoms with Crippen LogP contribution in [0.4, 0.5) is 0 Å². The molecule has 0 spiro atoms. The highest BCUT2D eigenvalue weighted by molar-refractivity contribution is 5.87. The molecule has 10 nitrogen and oxygen atoms in total. The fourth-order valence-corrected chi connectivity index (χ4v) is 2.28. The van der Waals surface area contributed by atoms with Gasteiger partial charge in [-0.25, -0.2) is 4.79 Å². The lowest BCUT2D eigenvalue weighted by atomic mass is 9.99. The van der Waals surface area contributed by atoms with E-state index < -0.39 is 61.3 Å². The van der Waals surface area contributed by atoms with Crippen LogP contribution in [0.25, 0.3) is 0 Å². The van der Waals surface area contributed by atoms with Crippen molar-refractivity contribution >= 4 is 11.9 Å². The van der Waals surface area contributed by atoms with Crippen LogP contribution in [0, 0.1) is 0 Å². The summed E-state index contributed by atoms with van der Waals surface area (Å²) in [4.78, 5) is 23.5. The van der Waals surface area contributed by atoms with Crippen LogP contribution in [0.1, 0.15) is 13.8 Å². The van der Waals surface area contributed by atoms with Crippen molar-refractivity contribution in [2.24, 2.45) is 0 Å². The Kier molecular flexibility index (Phi) is 7.93. The molecular weight excluding hydrogens is 338 g/mol. The van der Waals surface area contributed by atoms with Crippen molar-refractivity contribution in [2.45, 2.75) is 50.1 Å². The summed E-state index contributed by atoms with van der Waals surface area (Å²) in [5, 5.41) is 40.9. The van der Waals surface area contributed by atoms with Gasteiger partial charge in [-0.1, -0.05) is 12.7 Å². The van der Waals surface area contributed by atoms with E-state index in [1.807, 2.05) is 0 Å². The minimum atomic E-state index is -1.62. The van der Waals surface area contributed by atoms with E-state index in [2.05, 4.69) is 11.9 Å². The molecule has 6 atom stereocenters. The predicted octanol–water partition coefficient (Wildman–Crippen LogP) is -2.57. The van der Waals surface area contributed by atoms with Crippen LogP contribution in [0.3, 0.4) is 0 Å². The van der Waals surface area contributed by atoms with E-state index in [-0.39, 0.29) is 6.61 Å². The van der Waals surface area contributed by atoms with Gasteiger partial charge in [0.2, 0.25) is 5.91 Å². The van der Waals surface area contributed by atoms with Gasteiger partial charge in [0.1, 0.15) is 31.0 Å². The molecule has 5 N–H and O–H groups in total. The maximum Gasteiger partial charge on any atom is 0.334 e. The van der Waals surface area contributed by atoms with Gasteiger partial charge in [-0.05, 0) is 6.92 Å². The van der Waals surface area contributed by atoms with E-state index in [0.717, 1.165) is 0 Å². The van der Waals surface area contributed by atoms with E-state index in [9.17, 15) is 24.9 Å². The number of aliphatic hydroxyl groups is 4. The van der Waals surface area contributed by atoms with E-state index in [1.54, 1.807) is 0 Å². The first kappa shape index (κ1) is 21.5. The number of esters is 1. The Hall–Kier alpha value is -1.56. The zero-order valence-electron chi connectivity index (χ0n) is 14.1. The van der Waals surface area contributed by atoms with Gasteiger partial charge in [-0.15, -0.1) is 0 Å². The number of carbonyl (C=O) groups excluding carboxylic acids is 2. The SMILES string of the molecule is C=CCOC(=O)[C@](C)(CO[C@@H]1O[C@H](CO)[C@@H](O)[C@H](O)[C@H]1O)NC(C)=O. The third kappa shape index (κ3) is 5.46. The average molecular weight is 363 g/mol. The number of amides is 1. The van der Waals surface area contributed by atoms with E-state index >= 15 is 0 Å². The lowest BCUT2D eigenvalue weighted by Crippen LogP contribution is -2.61. The van der Waals surface area contributed by atoms with E-state index in [0.29, 0.717) is 0 Å². The summed E-state index contributed by atoms with van der Waals surface area (Å²) < 4.78 is 15.4. The molecule has 1 rings (SSSR count). The molecule has 144 valence electrons. The second-order valence-electron chi connectivity index (χ2n) is 5.91. The summed E-state index contributed by atoms with van der Waals surface area (Å²) in [6.45, 7) is 4.82. The fourth-order valence-electron chi connectivity index (χ4n) is 2.28. The maximum atomic E-state index is 12.2. The monoisotopic (exact) mass is 363 g/mol. The number of ether oxygens (including phenoxy) is 3. The number of carbonyl (C=O) groups is 2. The third-order valence-electron chi connectivity index (χ3n) is 3.62. The first-order valence-electron chi connectivity index (χ1n) is 7.65. The van der Waals surface area contributed by atoms with Gasteiger partial charge in [0.05, 0.1) is 13.2 Å². The van der Waals surface area contributed by atoms with Crippen LogP contribution >= 0.6 is 0 Å². The fraction of sp³-hybridized carbons (Fsp3) is 0.733. The second-order valence-corrected chi connectivity index (χ2v) is 5.91. The zero-order valence-corrected chi connectivity index (χ0v) is 14.1. The molecular formula is C15H25NO9. The highest BCUT2D eigenvalue weighted by Gasteiger charge is 2.46. The molecule has 1 heterocycles. The molecule has 0 bridgehead atoms. The Morgan fingerprint density at radius 2 is 1.92 bits per heavy atom. The lowest BCUT2D eigenvalue weighted by molar-refractivity contribution is -0.303. The molecule has 1 aliphatic rings. The molecule has 0 radical (unpaired) electrons. The topological polar surface area (TPSA) is 155 Å². The Labute approximate surface area is 145 Å². The Balaban J connectivity index is 2.82. The summed E-state index contributed by atoms with van der Waals surface area (Å²) in [5.74, 6) is -1.32. The summed E-state index contributed by atoms with van der Waals surface area (Å²) >= 11 is 0. The summed E-state index contributed by atoms with van der Waals surface area (Å²) in [5.41, 5.74) is -1.59. The van der Waals surface area contributed by atoms with Gasteiger partial charge in [-0.2, -0.15) is 0 Å². The smallest absolute Gasteiger partial charge is 0.334 e. The van der Waals surface area contributed by atoms with Gasteiger partial charge >= 0.3 is 5.97 Å². The molecule has 1 aliphatic heterocycles. The summed E-state index contributed by atoms with van der Waals surface area (Å²) in [7, 11) is 0. The van der Waals surface area contributed by atoms with Crippen LogP contribution in [0.5, 0.6) is 0 Å². The molecule has 10 heteroatoms. The first-order chi connectivity index (χ1) is 11.7. The summed E-state index contributed by atoms with van der Waals surface area (Å²) in [6, 6.07) is 0. The molecule has 0 aromatic carbocycles. The van der Waals surface area contributed by atoms with Gasteiger partial charge in [0, 0.05) is 6.92 Å². The first-order valence-corrected chi connectivity index (χ1v) is 7.65. The zero-order chi connectivity index (χ0) is 19.2. The van der Waals surface area contributed by atoms with Crippen molar-refractivity contribution in [1.82, 2.24) is 5.32 Å². The van der Waals surface area contributed by atoms with Crippen LogP contribution in [0.15, 0.2) is 12.7 Å². The number of hydrogen-bond donors (Lipinski definition) is 5.